The van der Waals surface area contributed by atoms with Crippen LogP contribution in [0.1, 0.15) is 39.5 Å². The van der Waals surface area contributed by atoms with Crippen molar-refractivity contribution in [3.63, 3.8) is 0 Å². The van der Waals surface area contributed by atoms with E-state index in [1.807, 2.05) is 0 Å². The zero-order valence-corrected chi connectivity index (χ0v) is 10.6. The highest BCUT2D eigenvalue weighted by Gasteiger charge is 2.29. The van der Waals surface area contributed by atoms with Crippen LogP contribution in [0.15, 0.2) is 0 Å². The van der Waals surface area contributed by atoms with E-state index >= 15 is 0 Å². The van der Waals surface area contributed by atoms with E-state index in [1.54, 1.807) is 0 Å². The van der Waals surface area contributed by atoms with Crippen molar-refractivity contribution < 1.29 is 17.9 Å². The van der Waals surface area contributed by atoms with Gasteiger partial charge < -0.3 is 10.1 Å². The first kappa shape index (κ1) is 14.8. The SMILES string of the molecule is CCC(C)(CCOCC(F)(F)F)CNC1CC1. The maximum absolute atomic E-state index is 11.9. The van der Waals surface area contributed by atoms with E-state index in [2.05, 4.69) is 23.9 Å². The van der Waals surface area contributed by atoms with Crippen molar-refractivity contribution in [2.45, 2.75) is 51.7 Å². The molecule has 0 aromatic rings. The summed E-state index contributed by atoms with van der Waals surface area (Å²) in [5.74, 6) is 0. The quantitative estimate of drug-likeness (QED) is 0.671. The van der Waals surface area contributed by atoms with Crippen molar-refractivity contribution in [1.29, 1.82) is 0 Å². The summed E-state index contributed by atoms with van der Waals surface area (Å²) in [5.41, 5.74) is 0.0359. The van der Waals surface area contributed by atoms with Crippen LogP contribution in [0.3, 0.4) is 0 Å². The summed E-state index contributed by atoms with van der Waals surface area (Å²) in [7, 11) is 0. The molecule has 1 aliphatic rings. The Morgan fingerprint density at radius 3 is 2.41 bits per heavy atom. The Hall–Kier alpha value is -0.290. The molecule has 102 valence electrons. The first-order valence-corrected chi connectivity index (χ1v) is 6.22. The molecule has 0 aromatic heterocycles. The van der Waals surface area contributed by atoms with Gasteiger partial charge in [0.2, 0.25) is 0 Å². The van der Waals surface area contributed by atoms with Crippen LogP contribution >= 0.6 is 0 Å². The number of hydrogen-bond donors (Lipinski definition) is 1. The minimum atomic E-state index is -4.21. The van der Waals surface area contributed by atoms with Gasteiger partial charge in [0.25, 0.3) is 0 Å². The molecule has 0 aromatic carbocycles. The highest BCUT2D eigenvalue weighted by molar-refractivity contribution is 4.85. The molecule has 0 saturated heterocycles. The maximum Gasteiger partial charge on any atom is 0.411 e. The first-order chi connectivity index (χ1) is 7.85. The molecule has 0 aliphatic heterocycles. The molecule has 1 saturated carbocycles. The van der Waals surface area contributed by atoms with E-state index in [1.165, 1.54) is 12.8 Å². The fraction of sp³-hybridized carbons (Fsp3) is 1.00. The monoisotopic (exact) mass is 253 g/mol. The van der Waals surface area contributed by atoms with Crippen LogP contribution in [0.25, 0.3) is 0 Å². The summed E-state index contributed by atoms with van der Waals surface area (Å²) < 4.78 is 40.3. The summed E-state index contributed by atoms with van der Waals surface area (Å²) in [5, 5.41) is 3.43. The fourth-order valence-electron chi connectivity index (χ4n) is 1.57. The van der Waals surface area contributed by atoms with Gasteiger partial charge in [0.15, 0.2) is 0 Å². The second-order valence-electron chi connectivity index (χ2n) is 5.24. The van der Waals surface area contributed by atoms with Gasteiger partial charge in [-0.05, 0) is 31.1 Å². The molecule has 2 nitrogen and oxygen atoms in total. The van der Waals surface area contributed by atoms with Gasteiger partial charge in [0.1, 0.15) is 6.61 Å². The van der Waals surface area contributed by atoms with E-state index < -0.39 is 12.8 Å². The molecule has 0 spiro atoms. The largest absolute Gasteiger partial charge is 0.411 e. The number of halogens is 3. The topological polar surface area (TPSA) is 21.3 Å². The van der Waals surface area contributed by atoms with Gasteiger partial charge in [-0.25, -0.2) is 0 Å². The summed E-state index contributed by atoms with van der Waals surface area (Å²) in [6.45, 7) is 4.07. The molecule has 0 radical (unpaired) electrons. The summed E-state index contributed by atoms with van der Waals surface area (Å²) in [4.78, 5) is 0. The molecule has 1 rings (SSSR count). The van der Waals surface area contributed by atoms with Gasteiger partial charge in [-0.3, -0.25) is 0 Å². The minimum Gasteiger partial charge on any atom is -0.372 e. The van der Waals surface area contributed by atoms with E-state index in [-0.39, 0.29) is 12.0 Å². The highest BCUT2D eigenvalue weighted by atomic mass is 19.4. The van der Waals surface area contributed by atoms with Crippen LogP contribution in [-0.4, -0.2) is 32.0 Å². The molecule has 1 fully saturated rings. The van der Waals surface area contributed by atoms with Crippen LogP contribution in [0.4, 0.5) is 13.2 Å². The Morgan fingerprint density at radius 2 is 1.94 bits per heavy atom. The number of nitrogens with one attached hydrogen (secondary N) is 1. The Morgan fingerprint density at radius 1 is 1.29 bits per heavy atom. The number of hydrogen-bond acceptors (Lipinski definition) is 2. The molecule has 0 heterocycles. The lowest BCUT2D eigenvalue weighted by molar-refractivity contribution is -0.175. The lowest BCUT2D eigenvalue weighted by Crippen LogP contribution is -2.34. The van der Waals surface area contributed by atoms with Gasteiger partial charge in [-0.15, -0.1) is 0 Å². The van der Waals surface area contributed by atoms with E-state index in [4.69, 9.17) is 0 Å². The normalized spacial score (nSPS) is 20.3. The highest BCUT2D eigenvalue weighted by Crippen LogP contribution is 2.27. The molecule has 1 unspecified atom stereocenters. The summed E-state index contributed by atoms with van der Waals surface area (Å²) in [6, 6.07) is 0.636. The molecular weight excluding hydrogens is 231 g/mol. The van der Waals surface area contributed by atoms with Gasteiger partial charge in [-0.2, -0.15) is 13.2 Å². The number of alkyl halides is 3. The third-order valence-electron chi connectivity index (χ3n) is 3.36. The van der Waals surface area contributed by atoms with Crippen LogP contribution in [0.5, 0.6) is 0 Å². The molecular formula is C12H22F3NO. The Kier molecular flexibility index (Phi) is 5.25. The molecule has 0 bridgehead atoms. The lowest BCUT2D eigenvalue weighted by atomic mass is 9.84. The van der Waals surface area contributed by atoms with Crippen molar-refractivity contribution in [2.24, 2.45) is 5.41 Å². The Labute approximate surface area is 101 Å². The van der Waals surface area contributed by atoms with Crippen molar-refractivity contribution in [1.82, 2.24) is 5.32 Å². The Bertz CT molecular complexity index is 228. The second kappa shape index (κ2) is 6.05. The van der Waals surface area contributed by atoms with E-state index in [0.29, 0.717) is 12.5 Å². The van der Waals surface area contributed by atoms with Crippen LogP contribution in [-0.2, 0) is 4.74 Å². The maximum atomic E-state index is 11.9. The summed E-state index contributed by atoms with van der Waals surface area (Å²) in [6.07, 6.45) is -0.148. The number of ether oxygens (including phenoxy) is 1. The van der Waals surface area contributed by atoms with Crippen LogP contribution in [0, 0.1) is 5.41 Å². The zero-order chi connectivity index (χ0) is 12.9. The standard InChI is InChI=1S/C12H22F3NO/c1-3-11(2,8-16-10-4-5-10)6-7-17-9-12(13,14)15/h10,16H,3-9H2,1-2H3. The molecule has 5 heteroatoms. The van der Waals surface area contributed by atoms with Crippen LogP contribution in [0.2, 0.25) is 0 Å². The van der Waals surface area contributed by atoms with E-state index in [0.717, 1.165) is 13.0 Å². The third-order valence-corrected chi connectivity index (χ3v) is 3.36. The lowest BCUT2D eigenvalue weighted by Gasteiger charge is -2.28. The third kappa shape index (κ3) is 6.88. The fourth-order valence-corrected chi connectivity index (χ4v) is 1.57. The average molecular weight is 253 g/mol. The van der Waals surface area contributed by atoms with Gasteiger partial charge >= 0.3 is 6.18 Å². The van der Waals surface area contributed by atoms with Crippen molar-refractivity contribution in [3.8, 4) is 0 Å². The zero-order valence-electron chi connectivity index (χ0n) is 10.6. The van der Waals surface area contributed by atoms with Gasteiger partial charge in [0, 0.05) is 19.2 Å². The first-order valence-electron chi connectivity index (χ1n) is 6.22. The predicted molar refractivity (Wildman–Crippen MR) is 60.9 cm³/mol. The van der Waals surface area contributed by atoms with Crippen LogP contribution < -0.4 is 5.32 Å². The van der Waals surface area contributed by atoms with E-state index in [9.17, 15) is 13.2 Å². The average Bonchev–Trinajstić information content (AvgIpc) is 3.04. The molecule has 17 heavy (non-hydrogen) atoms. The predicted octanol–water partition coefficient (Wildman–Crippen LogP) is 3.12. The van der Waals surface area contributed by atoms with Crippen molar-refractivity contribution >= 4 is 0 Å². The summed E-state index contributed by atoms with van der Waals surface area (Å²) >= 11 is 0. The van der Waals surface area contributed by atoms with Crippen molar-refractivity contribution in [2.75, 3.05) is 19.8 Å². The smallest absolute Gasteiger partial charge is 0.372 e. The van der Waals surface area contributed by atoms with Crippen molar-refractivity contribution in [3.05, 3.63) is 0 Å². The second-order valence-corrected chi connectivity index (χ2v) is 5.24. The Balaban J connectivity index is 2.15. The molecule has 1 atom stereocenters. The minimum absolute atomic E-state index is 0.0359. The van der Waals surface area contributed by atoms with Gasteiger partial charge in [-0.1, -0.05) is 13.8 Å². The van der Waals surface area contributed by atoms with Gasteiger partial charge in [0.05, 0.1) is 0 Å². The molecule has 1 aliphatic carbocycles. The molecule has 0 amide bonds. The number of rotatable bonds is 8. The molecule has 1 N–H and O–H groups in total.